The van der Waals surface area contributed by atoms with Crippen LogP contribution in [0.4, 0.5) is 5.69 Å². The summed E-state index contributed by atoms with van der Waals surface area (Å²) in [6.07, 6.45) is 0. The maximum Gasteiger partial charge on any atom is 0.101 e. The Balaban J connectivity index is 2.98. The molecule has 1 rings (SSSR count). The summed E-state index contributed by atoms with van der Waals surface area (Å²) in [6.45, 7) is 2.06. The number of benzene rings is 1. The van der Waals surface area contributed by atoms with E-state index in [0.717, 1.165) is 10.2 Å². The van der Waals surface area contributed by atoms with E-state index in [1.165, 1.54) is 0 Å². The van der Waals surface area contributed by atoms with Crippen LogP contribution in [-0.4, -0.2) is 37.0 Å². The monoisotopic (exact) mass is 312 g/mol. The lowest BCUT2D eigenvalue weighted by molar-refractivity contribution is 0.0762. The molecule has 98 valence electrons. The van der Waals surface area contributed by atoms with Gasteiger partial charge in [-0.3, -0.25) is 0 Å². The number of anilines is 1. The van der Waals surface area contributed by atoms with E-state index in [-0.39, 0.29) is 13.2 Å². The fourth-order valence-corrected chi connectivity index (χ4v) is 2.10. The molecule has 0 saturated heterocycles. The van der Waals surface area contributed by atoms with Gasteiger partial charge in [-0.2, -0.15) is 5.26 Å². The molecule has 18 heavy (non-hydrogen) atoms. The Hall–Kier alpha value is -1.09. The largest absolute Gasteiger partial charge is 0.396 e. The minimum Gasteiger partial charge on any atom is -0.396 e. The molecule has 0 spiro atoms. The van der Waals surface area contributed by atoms with Crippen molar-refractivity contribution >= 4 is 21.6 Å². The van der Waals surface area contributed by atoms with Crippen molar-refractivity contribution in [2.24, 2.45) is 5.41 Å². The molecule has 0 fully saturated rings. The summed E-state index contributed by atoms with van der Waals surface area (Å²) in [6, 6.07) is 7.60. The zero-order valence-electron chi connectivity index (χ0n) is 10.5. The van der Waals surface area contributed by atoms with Crippen molar-refractivity contribution in [3.63, 3.8) is 0 Å². The van der Waals surface area contributed by atoms with Crippen LogP contribution in [0, 0.1) is 16.7 Å². The van der Waals surface area contributed by atoms with Crippen LogP contribution in [0.5, 0.6) is 0 Å². The molecule has 1 aromatic rings. The summed E-state index contributed by atoms with van der Waals surface area (Å²) in [5, 5.41) is 27.7. The zero-order chi connectivity index (χ0) is 13.8. The first kappa shape index (κ1) is 15.0. The van der Waals surface area contributed by atoms with Crippen LogP contribution in [0.15, 0.2) is 22.7 Å². The van der Waals surface area contributed by atoms with Gasteiger partial charge in [0.2, 0.25) is 0 Å². The maximum absolute atomic E-state index is 9.29. The van der Waals surface area contributed by atoms with Gasteiger partial charge in [0, 0.05) is 23.5 Å². The molecule has 0 radical (unpaired) electrons. The average molecular weight is 313 g/mol. The van der Waals surface area contributed by atoms with Crippen LogP contribution in [0.3, 0.4) is 0 Å². The average Bonchev–Trinajstić information content (AvgIpc) is 2.38. The second-order valence-corrected chi connectivity index (χ2v) is 5.67. The summed E-state index contributed by atoms with van der Waals surface area (Å²) in [5.41, 5.74) is 0.757. The van der Waals surface area contributed by atoms with Crippen molar-refractivity contribution in [1.82, 2.24) is 0 Å². The molecule has 1 aromatic carbocycles. The Kier molecular flexibility index (Phi) is 5.15. The van der Waals surface area contributed by atoms with Crippen LogP contribution in [0.2, 0.25) is 0 Å². The van der Waals surface area contributed by atoms with Crippen LogP contribution in [-0.2, 0) is 0 Å². The predicted octanol–water partition coefficient (Wildman–Crippen LogP) is 1.75. The molecule has 0 saturated carbocycles. The van der Waals surface area contributed by atoms with Gasteiger partial charge in [-0.25, -0.2) is 0 Å². The molecular formula is C13H17BrN2O2. The van der Waals surface area contributed by atoms with Crippen molar-refractivity contribution in [3.05, 3.63) is 28.2 Å². The third-order valence-electron chi connectivity index (χ3n) is 2.87. The molecule has 4 nitrogen and oxygen atoms in total. The van der Waals surface area contributed by atoms with Crippen molar-refractivity contribution < 1.29 is 10.2 Å². The van der Waals surface area contributed by atoms with Crippen LogP contribution < -0.4 is 4.90 Å². The number of halogens is 1. The molecule has 0 heterocycles. The van der Waals surface area contributed by atoms with Gasteiger partial charge >= 0.3 is 0 Å². The second kappa shape index (κ2) is 6.19. The fourth-order valence-electron chi connectivity index (χ4n) is 1.74. The van der Waals surface area contributed by atoms with Gasteiger partial charge in [0.15, 0.2) is 0 Å². The number of nitrogens with zero attached hydrogens (tertiary/aromatic N) is 2. The number of aliphatic hydroxyl groups is 2. The highest BCUT2D eigenvalue weighted by Crippen LogP contribution is 2.26. The number of aliphatic hydroxyl groups excluding tert-OH is 2. The van der Waals surface area contributed by atoms with E-state index in [9.17, 15) is 10.2 Å². The number of hydrogen-bond acceptors (Lipinski definition) is 4. The van der Waals surface area contributed by atoms with Gasteiger partial charge in [-0.1, -0.05) is 22.9 Å². The number of nitriles is 1. The summed E-state index contributed by atoms with van der Waals surface area (Å²) in [5.74, 6) is 0. The summed E-state index contributed by atoms with van der Waals surface area (Å²) in [7, 11) is 1.84. The maximum atomic E-state index is 9.29. The van der Waals surface area contributed by atoms with E-state index in [4.69, 9.17) is 5.26 Å². The van der Waals surface area contributed by atoms with Gasteiger partial charge in [0.05, 0.1) is 24.5 Å². The van der Waals surface area contributed by atoms with E-state index in [0.29, 0.717) is 12.1 Å². The zero-order valence-corrected chi connectivity index (χ0v) is 12.1. The molecule has 0 aliphatic rings. The molecule has 0 unspecified atom stereocenters. The molecule has 2 N–H and O–H groups in total. The lowest BCUT2D eigenvalue weighted by Gasteiger charge is -2.32. The lowest BCUT2D eigenvalue weighted by Crippen LogP contribution is -2.39. The Morgan fingerprint density at radius 3 is 2.50 bits per heavy atom. The smallest absolute Gasteiger partial charge is 0.101 e. The van der Waals surface area contributed by atoms with Crippen LogP contribution in [0.25, 0.3) is 0 Å². The Bertz CT molecular complexity index is 453. The van der Waals surface area contributed by atoms with Crippen LogP contribution in [0.1, 0.15) is 12.5 Å². The highest BCUT2D eigenvalue weighted by molar-refractivity contribution is 9.10. The van der Waals surface area contributed by atoms with Gasteiger partial charge in [0.1, 0.15) is 6.07 Å². The minimum absolute atomic E-state index is 0.105. The van der Waals surface area contributed by atoms with Crippen molar-refractivity contribution in [2.75, 3.05) is 31.7 Å². The SMILES string of the molecule is CN(CC(C)(CO)CO)c1ccc(Br)cc1C#N. The van der Waals surface area contributed by atoms with Crippen molar-refractivity contribution in [1.29, 1.82) is 5.26 Å². The van der Waals surface area contributed by atoms with Gasteiger partial charge in [-0.05, 0) is 18.2 Å². The number of hydrogen-bond donors (Lipinski definition) is 2. The molecule has 0 bridgehead atoms. The van der Waals surface area contributed by atoms with E-state index in [1.54, 1.807) is 13.0 Å². The molecule has 0 amide bonds. The Morgan fingerprint density at radius 2 is 2.00 bits per heavy atom. The van der Waals surface area contributed by atoms with Gasteiger partial charge < -0.3 is 15.1 Å². The molecule has 0 aromatic heterocycles. The summed E-state index contributed by atoms with van der Waals surface area (Å²) in [4.78, 5) is 1.87. The summed E-state index contributed by atoms with van der Waals surface area (Å²) >= 11 is 3.33. The predicted molar refractivity (Wildman–Crippen MR) is 74.4 cm³/mol. The van der Waals surface area contributed by atoms with Gasteiger partial charge in [0.25, 0.3) is 0 Å². The van der Waals surface area contributed by atoms with E-state index in [2.05, 4.69) is 22.0 Å². The topological polar surface area (TPSA) is 67.5 Å². The quantitative estimate of drug-likeness (QED) is 0.869. The number of rotatable bonds is 5. The Labute approximate surface area is 116 Å². The van der Waals surface area contributed by atoms with Crippen LogP contribution >= 0.6 is 15.9 Å². The van der Waals surface area contributed by atoms with Gasteiger partial charge in [-0.15, -0.1) is 0 Å². The van der Waals surface area contributed by atoms with E-state index in [1.807, 2.05) is 24.1 Å². The third kappa shape index (κ3) is 3.45. The molecule has 5 heteroatoms. The van der Waals surface area contributed by atoms with E-state index >= 15 is 0 Å². The standard InChI is InChI=1S/C13H17BrN2O2/c1-13(8-17,9-18)7-16(2)12-4-3-11(14)5-10(12)6-15/h3-5,17-18H,7-9H2,1-2H3. The first-order chi connectivity index (χ1) is 8.45. The third-order valence-corrected chi connectivity index (χ3v) is 3.37. The molecule has 0 aliphatic carbocycles. The lowest BCUT2D eigenvalue weighted by atomic mass is 9.92. The van der Waals surface area contributed by atoms with Crippen molar-refractivity contribution in [2.45, 2.75) is 6.92 Å². The first-order valence-corrected chi connectivity index (χ1v) is 6.37. The molecule has 0 atom stereocenters. The second-order valence-electron chi connectivity index (χ2n) is 4.76. The normalized spacial score (nSPS) is 11.1. The highest BCUT2D eigenvalue weighted by atomic mass is 79.9. The fraction of sp³-hybridized carbons (Fsp3) is 0.462. The van der Waals surface area contributed by atoms with E-state index < -0.39 is 5.41 Å². The molecule has 0 aliphatic heterocycles. The minimum atomic E-state index is -0.589. The molecular weight excluding hydrogens is 296 g/mol. The highest BCUT2D eigenvalue weighted by Gasteiger charge is 2.25. The first-order valence-electron chi connectivity index (χ1n) is 5.58. The van der Waals surface area contributed by atoms with Crippen molar-refractivity contribution in [3.8, 4) is 6.07 Å². The summed E-state index contributed by atoms with van der Waals surface area (Å²) < 4.78 is 0.850. The Morgan fingerprint density at radius 1 is 1.39 bits per heavy atom.